The van der Waals surface area contributed by atoms with Gasteiger partial charge in [-0.1, -0.05) is 57.0 Å². The van der Waals surface area contributed by atoms with Crippen molar-refractivity contribution in [1.29, 1.82) is 0 Å². The predicted molar refractivity (Wildman–Crippen MR) is 139 cm³/mol. The van der Waals surface area contributed by atoms with Gasteiger partial charge in [-0.15, -0.1) is 10.2 Å². The number of unbranched alkanes of at least 4 members (excludes halogenated alkanes) is 2. The average Bonchev–Trinajstić information content (AvgIpc) is 3.69. The van der Waals surface area contributed by atoms with Crippen LogP contribution in [0.15, 0.2) is 59.9 Å². The first-order valence-corrected chi connectivity index (χ1v) is 12.7. The van der Waals surface area contributed by atoms with Gasteiger partial charge in [-0.25, -0.2) is 14.0 Å². The molecule has 1 N–H and O–H groups in total. The molecule has 0 unspecified atom stereocenters. The Morgan fingerprint density at radius 2 is 1.81 bits per heavy atom. The van der Waals surface area contributed by atoms with Gasteiger partial charge in [-0.2, -0.15) is 15.3 Å². The summed E-state index contributed by atoms with van der Waals surface area (Å²) in [4.78, 5) is 22.6. The number of benzene rings is 1. The molecule has 0 spiro atoms. The summed E-state index contributed by atoms with van der Waals surface area (Å²) in [5, 5.41) is 18.7. The van der Waals surface area contributed by atoms with Crippen LogP contribution < -0.4 is 5.69 Å². The number of aromatic amines is 1. The Labute approximate surface area is 214 Å². The van der Waals surface area contributed by atoms with Gasteiger partial charge < -0.3 is 0 Å². The summed E-state index contributed by atoms with van der Waals surface area (Å²) in [6.07, 6.45) is 10.1. The minimum absolute atomic E-state index is 0.122. The molecule has 190 valence electrons. The summed E-state index contributed by atoms with van der Waals surface area (Å²) in [7, 11) is 0. The Morgan fingerprint density at radius 1 is 0.973 bits per heavy atom. The molecular weight excluding hydrogens is 468 g/mol. The van der Waals surface area contributed by atoms with E-state index in [0.717, 1.165) is 66.7 Å². The van der Waals surface area contributed by atoms with Crippen molar-refractivity contribution < 1.29 is 0 Å². The summed E-state index contributed by atoms with van der Waals surface area (Å²) in [5.41, 5.74) is 4.34. The fourth-order valence-corrected chi connectivity index (χ4v) is 4.34. The molecule has 4 heterocycles. The van der Waals surface area contributed by atoms with Crippen molar-refractivity contribution in [1.82, 2.24) is 49.5 Å². The number of tetrazole rings is 1. The van der Waals surface area contributed by atoms with Gasteiger partial charge in [0.15, 0.2) is 0 Å². The van der Waals surface area contributed by atoms with Crippen LogP contribution in [0.3, 0.4) is 0 Å². The first-order chi connectivity index (χ1) is 18.2. The number of H-pyrrole nitrogens is 1. The molecule has 0 aliphatic carbocycles. The summed E-state index contributed by atoms with van der Waals surface area (Å²) < 4.78 is 5.24. The summed E-state index contributed by atoms with van der Waals surface area (Å²) in [6.45, 7) is 5.43. The van der Waals surface area contributed by atoms with E-state index in [0.29, 0.717) is 18.3 Å². The second-order valence-corrected chi connectivity index (χ2v) is 8.93. The molecule has 11 nitrogen and oxygen atoms in total. The zero-order valence-electron chi connectivity index (χ0n) is 21.1. The second kappa shape index (κ2) is 11.1. The van der Waals surface area contributed by atoms with Gasteiger partial charge in [0.25, 0.3) is 0 Å². The molecule has 0 bridgehead atoms. The fraction of sp³-hybridized carbons (Fsp3) is 0.346. The van der Waals surface area contributed by atoms with Gasteiger partial charge in [0.1, 0.15) is 6.33 Å². The molecule has 11 heteroatoms. The number of rotatable bonds is 11. The van der Waals surface area contributed by atoms with Crippen molar-refractivity contribution in [2.45, 2.75) is 59.0 Å². The lowest BCUT2D eigenvalue weighted by Crippen LogP contribution is -2.26. The highest BCUT2D eigenvalue weighted by Crippen LogP contribution is 2.28. The lowest BCUT2D eigenvalue weighted by atomic mass is 10.0. The van der Waals surface area contributed by atoms with Gasteiger partial charge >= 0.3 is 5.69 Å². The van der Waals surface area contributed by atoms with Crippen molar-refractivity contribution in [3.8, 4) is 28.6 Å². The highest BCUT2D eigenvalue weighted by Gasteiger charge is 2.17. The van der Waals surface area contributed by atoms with Crippen LogP contribution in [-0.4, -0.2) is 49.5 Å². The number of nitrogens with zero attached hydrogens (tertiary/aromatic N) is 9. The third-order valence-electron chi connectivity index (χ3n) is 6.34. The van der Waals surface area contributed by atoms with Crippen molar-refractivity contribution in [2.75, 3.05) is 0 Å². The normalized spacial score (nSPS) is 11.3. The van der Waals surface area contributed by atoms with Crippen molar-refractivity contribution in [2.24, 2.45) is 0 Å². The smallest absolute Gasteiger partial charge is 0.291 e. The van der Waals surface area contributed by atoms with Crippen LogP contribution in [0.4, 0.5) is 0 Å². The molecule has 5 aromatic rings. The molecule has 4 aromatic heterocycles. The summed E-state index contributed by atoms with van der Waals surface area (Å²) in [5.74, 6) is 1.07. The quantitative estimate of drug-likeness (QED) is 0.295. The fourth-order valence-electron chi connectivity index (χ4n) is 4.34. The van der Waals surface area contributed by atoms with Crippen LogP contribution in [0.5, 0.6) is 0 Å². The van der Waals surface area contributed by atoms with Gasteiger partial charge in [0.05, 0.1) is 12.2 Å². The van der Waals surface area contributed by atoms with E-state index < -0.39 is 0 Å². The number of hydrogen-bond acceptors (Lipinski definition) is 7. The third-order valence-corrected chi connectivity index (χ3v) is 6.34. The molecule has 0 amide bonds. The number of aryl methyl sites for hydroxylation is 2. The molecule has 0 saturated heterocycles. The predicted octanol–water partition coefficient (Wildman–Crippen LogP) is 3.66. The third kappa shape index (κ3) is 5.11. The average molecular weight is 499 g/mol. The SMILES string of the molecule is CCCCc1cn(-c2ncnn2CCCC)c(=O)n1Cc1ccc(-c2ccccc2-c2nn[nH]n2)nc1. The number of imidazole rings is 1. The highest BCUT2D eigenvalue weighted by molar-refractivity contribution is 5.78. The zero-order valence-corrected chi connectivity index (χ0v) is 21.1. The first kappa shape index (κ1) is 24.3. The largest absolute Gasteiger partial charge is 0.335 e. The Kier molecular flexibility index (Phi) is 7.29. The Morgan fingerprint density at radius 3 is 2.54 bits per heavy atom. The molecule has 5 rings (SSSR count). The van der Waals surface area contributed by atoms with E-state index in [1.165, 1.54) is 6.33 Å². The molecule has 37 heavy (non-hydrogen) atoms. The molecule has 1 aromatic carbocycles. The number of hydrogen-bond donors (Lipinski definition) is 1. The van der Waals surface area contributed by atoms with E-state index in [2.05, 4.69) is 44.6 Å². The van der Waals surface area contributed by atoms with Gasteiger partial charge in [-0.05, 0) is 36.1 Å². The Hall–Kier alpha value is -4.41. The molecule has 0 atom stereocenters. The first-order valence-electron chi connectivity index (χ1n) is 12.7. The van der Waals surface area contributed by atoms with Gasteiger partial charge in [0, 0.05) is 35.8 Å². The molecule has 0 aliphatic heterocycles. The highest BCUT2D eigenvalue weighted by atomic mass is 16.2. The van der Waals surface area contributed by atoms with E-state index in [1.54, 1.807) is 9.25 Å². The second-order valence-electron chi connectivity index (χ2n) is 8.93. The Balaban J connectivity index is 1.45. The zero-order chi connectivity index (χ0) is 25.6. The van der Waals surface area contributed by atoms with Crippen molar-refractivity contribution >= 4 is 0 Å². The lowest BCUT2D eigenvalue weighted by molar-refractivity contribution is 0.553. The minimum atomic E-state index is -0.122. The van der Waals surface area contributed by atoms with Crippen LogP contribution in [-0.2, 0) is 19.5 Å². The summed E-state index contributed by atoms with van der Waals surface area (Å²) in [6, 6.07) is 11.8. The van der Waals surface area contributed by atoms with E-state index in [1.807, 2.05) is 53.4 Å². The topological polar surface area (TPSA) is 125 Å². The van der Waals surface area contributed by atoms with Crippen LogP contribution in [0.1, 0.15) is 50.8 Å². The molecule has 0 saturated carbocycles. The standard InChI is InChI=1S/C26H30N10O/c1-3-5-9-20-17-35(25-28-18-29-36(25)14-6-4-2)26(37)34(20)16-19-12-13-23(27-15-19)21-10-7-8-11-22(21)24-30-32-33-31-24/h7-8,10-13,15,17-18H,3-6,9,14,16H2,1-2H3,(H,30,31,32,33). The van der Waals surface area contributed by atoms with Crippen molar-refractivity contribution in [3.05, 3.63) is 76.9 Å². The maximum absolute atomic E-state index is 13.5. The van der Waals surface area contributed by atoms with E-state index in [-0.39, 0.29) is 5.69 Å². The van der Waals surface area contributed by atoms with E-state index in [4.69, 9.17) is 4.98 Å². The maximum Gasteiger partial charge on any atom is 0.335 e. The number of pyridine rings is 1. The maximum atomic E-state index is 13.5. The molecule has 0 radical (unpaired) electrons. The molecular formula is C26H30N10O. The van der Waals surface area contributed by atoms with E-state index >= 15 is 0 Å². The van der Waals surface area contributed by atoms with Gasteiger partial charge in [0.2, 0.25) is 11.8 Å². The Bertz CT molecular complexity index is 1500. The van der Waals surface area contributed by atoms with Gasteiger partial charge in [-0.3, -0.25) is 9.55 Å². The summed E-state index contributed by atoms with van der Waals surface area (Å²) >= 11 is 0. The number of nitrogens with one attached hydrogen (secondary N) is 1. The lowest BCUT2D eigenvalue weighted by Gasteiger charge is -2.09. The number of aromatic nitrogens is 10. The van der Waals surface area contributed by atoms with Crippen LogP contribution in [0.25, 0.3) is 28.6 Å². The van der Waals surface area contributed by atoms with Crippen LogP contribution in [0, 0.1) is 0 Å². The monoisotopic (exact) mass is 498 g/mol. The van der Waals surface area contributed by atoms with Crippen LogP contribution in [0.2, 0.25) is 0 Å². The van der Waals surface area contributed by atoms with Crippen molar-refractivity contribution in [3.63, 3.8) is 0 Å². The minimum Gasteiger partial charge on any atom is -0.291 e. The van der Waals surface area contributed by atoms with E-state index in [9.17, 15) is 4.79 Å². The molecule has 0 aliphatic rings. The molecule has 0 fully saturated rings. The van der Waals surface area contributed by atoms with Crippen LogP contribution >= 0.6 is 0 Å².